The van der Waals surface area contributed by atoms with E-state index in [1.54, 1.807) is 0 Å². The quantitative estimate of drug-likeness (QED) is 0.877. The maximum absolute atomic E-state index is 5.40. The molecule has 0 spiro atoms. The number of nitrogens with two attached hydrogens (primary N) is 1. The first-order valence-corrected chi connectivity index (χ1v) is 4.57. The van der Waals surface area contributed by atoms with E-state index in [-0.39, 0.29) is 12.4 Å². The van der Waals surface area contributed by atoms with E-state index in [1.165, 1.54) is 5.56 Å². The van der Waals surface area contributed by atoms with E-state index < -0.39 is 0 Å². The molecule has 0 fully saturated rings. The van der Waals surface area contributed by atoms with Gasteiger partial charge in [-0.15, -0.1) is 12.4 Å². The van der Waals surface area contributed by atoms with Gasteiger partial charge in [0.15, 0.2) is 0 Å². The molecule has 0 radical (unpaired) electrons. The van der Waals surface area contributed by atoms with Crippen LogP contribution in [0.1, 0.15) is 12.0 Å². The molecule has 0 unspecified atom stereocenters. The van der Waals surface area contributed by atoms with Gasteiger partial charge in [0.25, 0.3) is 0 Å². The van der Waals surface area contributed by atoms with Gasteiger partial charge in [-0.2, -0.15) is 0 Å². The average Bonchev–Trinajstić information content (AvgIpc) is 2.01. The summed E-state index contributed by atoms with van der Waals surface area (Å²) in [5.74, 6) is 0. The van der Waals surface area contributed by atoms with Gasteiger partial charge in [0, 0.05) is 4.47 Å². The third-order valence-electron chi connectivity index (χ3n) is 1.56. The van der Waals surface area contributed by atoms with E-state index in [0.29, 0.717) is 0 Å². The van der Waals surface area contributed by atoms with Gasteiger partial charge < -0.3 is 5.73 Å². The van der Waals surface area contributed by atoms with E-state index in [1.807, 2.05) is 6.07 Å². The normalized spacial score (nSPS) is 9.17. The van der Waals surface area contributed by atoms with Gasteiger partial charge in [-0.3, -0.25) is 0 Å². The van der Waals surface area contributed by atoms with Crippen LogP contribution in [0.2, 0.25) is 0 Å². The summed E-state index contributed by atoms with van der Waals surface area (Å²) in [6.07, 6.45) is 2.15. The largest absolute Gasteiger partial charge is 0.330 e. The molecule has 0 aliphatic heterocycles. The SMILES string of the molecule is Cl.NCCCc1cccc(Br)c1. The van der Waals surface area contributed by atoms with Crippen LogP contribution in [0.15, 0.2) is 28.7 Å². The molecule has 0 saturated carbocycles. The topological polar surface area (TPSA) is 26.0 Å². The van der Waals surface area contributed by atoms with Gasteiger partial charge in [-0.1, -0.05) is 28.1 Å². The van der Waals surface area contributed by atoms with Crippen LogP contribution in [0, 0.1) is 0 Å². The predicted molar refractivity (Wildman–Crippen MR) is 58.8 cm³/mol. The number of halogens is 2. The fraction of sp³-hybridized carbons (Fsp3) is 0.333. The molecule has 68 valence electrons. The average molecular weight is 251 g/mol. The van der Waals surface area contributed by atoms with Crippen LogP contribution in [-0.4, -0.2) is 6.54 Å². The molecule has 0 saturated heterocycles. The standard InChI is InChI=1S/C9H12BrN.ClH/c10-9-5-1-3-8(7-9)4-2-6-11;/h1,3,5,7H,2,4,6,11H2;1H. The van der Waals surface area contributed by atoms with E-state index >= 15 is 0 Å². The van der Waals surface area contributed by atoms with Gasteiger partial charge in [0.1, 0.15) is 0 Å². The lowest BCUT2D eigenvalue weighted by Gasteiger charge is -1.98. The van der Waals surface area contributed by atoms with E-state index in [9.17, 15) is 0 Å². The Morgan fingerprint density at radius 2 is 2.08 bits per heavy atom. The summed E-state index contributed by atoms with van der Waals surface area (Å²) in [7, 11) is 0. The molecule has 3 heteroatoms. The van der Waals surface area contributed by atoms with Crippen molar-refractivity contribution in [2.75, 3.05) is 6.54 Å². The van der Waals surface area contributed by atoms with Crippen LogP contribution in [0.3, 0.4) is 0 Å². The highest BCUT2D eigenvalue weighted by Gasteiger charge is 1.91. The fourth-order valence-corrected chi connectivity index (χ4v) is 1.45. The molecule has 12 heavy (non-hydrogen) atoms. The summed E-state index contributed by atoms with van der Waals surface area (Å²) >= 11 is 3.42. The van der Waals surface area contributed by atoms with Crippen molar-refractivity contribution < 1.29 is 0 Å². The first-order chi connectivity index (χ1) is 5.33. The number of hydrogen-bond donors (Lipinski definition) is 1. The maximum atomic E-state index is 5.40. The Hall–Kier alpha value is -0.0500. The smallest absolute Gasteiger partial charge is 0.0177 e. The molecule has 0 aliphatic carbocycles. The predicted octanol–water partition coefficient (Wildman–Crippen LogP) is 2.76. The van der Waals surface area contributed by atoms with Gasteiger partial charge in [-0.05, 0) is 37.1 Å². The third-order valence-corrected chi connectivity index (χ3v) is 2.05. The van der Waals surface area contributed by atoms with Crippen molar-refractivity contribution in [1.29, 1.82) is 0 Å². The zero-order valence-electron chi connectivity index (χ0n) is 6.79. The number of aryl methyl sites for hydroxylation is 1. The van der Waals surface area contributed by atoms with E-state index in [4.69, 9.17) is 5.73 Å². The van der Waals surface area contributed by atoms with Crippen molar-refractivity contribution in [2.24, 2.45) is 5.73 Å². The van der Waals surface area contributed by atoms with Crippen molar-refractivity contribution in [3.05, 3.63) is 34.3 Å². The minimum absolute atomic E-state index is 0. The molecule has 1 nitrogen and oxygen atoms in total. The summed E-state index contributed by atoms with van der Waals surface area (Å²) in [5.41, 5.74) is 6.75. The Morgan fingerprint density at radius 1 is 1.33 bits per heavy atom. The summed E-state index contributed by atoms with van der Waals surface area (Å²) in [4.78, 5) is 0. The molecule has 1 aromatic rings. The molecule has 2 N–H and O–H groups in total. The minimum Gasteiger partial charge on any atom is -0.330 e. The summed E-state index contributed by atoms with van der Waals surface area (Å²) < 4.78 is 1.15. The maximum Gasteiger partial charge on any atom is 0.0177 e. The molecular weight excluding hydrogens is 237 g/mol. The lowest BCUT2D eigenvalue weighted by molar-refractivity contribution is 0.832. The van der Waals surface area contributed by atoms with Gasteiger partial charge in [-0.25, -0.2) is 0 Å². The van der Waals surface area contributed by atoms with Crippen LogP contribution in [0.25, 0.3) is 0 Å². The second kappa shape index (κ2) is 6.46. The van der Waals surface area contributed by atoms with Crippen LogP contribution >= 0.6 is 28.3 Å². The second-order valence-corrected chi connectivity index (χ2v) is 3.44. The van der Waals surface area contributed by atoms with Crippen molar-refractivity contribution >= 4 is 28.3 Å². The van der Waals surface area contributed by atoms with Crippen LogP contribution in [0.5, 0.6) is 0 Å². The Labute approximate surface area is 87.9 Å². The van der Waals surface area contributed by atoms with Crippen molar-refractivity contribution in [2.45, 2.75) is 12.8 Å². The van der Waals surface area contributed by atoms with Crippen LogP contribution in [-0.2, 0) is 6.42 Å². The summed E-state index contributed by atoms with van der Waals surface area (Å²) in [6.45, 7) is 0.770. The minimum atomic E-state index is 0. The highest BCUT2D eigenvalue weighted by molar-refractivity contribution is 9.10. The zero-order valence-corrected chi connectivity index (χ0v) is 9.20. The molecule has 0 amide bonds. The third kappa shape index (κ3) is 4.10. The number of benzene rings is 1. The highest BCUT2D eigenvalue weighted by Crippen LogP contribution is 2.12. The van der Waals surface area contributed by atoms with Crippen molar-refractivity contribution in [1.82, 2.24) is 0 Å². The Kier molecular flexibility index (Phi) is 6.44. The summed E-state index contributed by atoms with van der Waals surface area (Å²) in [6, 6.07) is 8.35. The molecule has 1 rings (SSSR count). The lowest BCUT2D eigenvalue weighted by Crippen LogP contribution is -1.99. The fourth-order valence-electron chi connectivity index (χ4n) is 0.999. The Balaban J connectivity index is 0.00000121. The molecule has 0 aliphatic rings. The molecular formula is C9H13BrClN. The summed E-state index contributed by atoms with van der Waals surface area (Å²) in [5, 5.41) is 0. The Bertz CT molecular complexity index is 228. The number of hydrogen-bond acceptors (Lipinski definition) is 1. The van der Waals surface area contributed by atoms with E-state index in [2.05, 4.69) is 34.1 Å². The van der Waals surface area contributed by atoms with Gasteiger partial charge >= 0.3 is 0 Å². The van der Waals surface area contributed by atoms with Gasteiger partial charge in [0.2, 0.25) is 0 Å². The van der Waals surface area contributed by atoms with E-state index in [0.717, 1.165) is 23.9 Å². The molecule has 0 aromatic heterocycles. The second-order valence-electron chi connectivity index (χ2n) is 2.52. The first-order valence-electron chi connectivity index (χ1n) is 3.77. The highest BCUT2D eigenvalue weighted by atomic mass is 79.9. The van der Waals surface area contributed by atoms with Crippen molar-refractivity contribution in [3.8, 4) is 0 Å². The lowest BCUT2D eigenvalue weighted by atomic mass is 10.1. The van der Waals surface area contributed by atoms with Crippen LogP contribution in [0.4, 0.5) is 0 Å². The first kappa shape index (κ1) is 11.9. The monoisotopic (exact) mass is 249 g/mol. The molecule has 1 aromatic carbocycles. The zero-order chi connectivity index (χ0) is 8.10. The Morgan fingerprint density at radius 3 is 2.67 bits per heavy atom. The molecule has 0 atom stereocenters. The van der Waals surface area contributed by atoms with Crippen molar-refractivity contribution in [3.63, 3.8) is 0 Å². The number of rotatable bonds is 3. The van der Waals surface area contributed by atoms with Gasteiger partial charge in [0.05, 0.1) is 0 Å². The molecule has 0 heterocycles. The van der Waals surface area contributed by atoms with Crippen LogP contribution < -0.4 is 5.73 Å². The molecule has 0 bridgehead atoms.